The Hall–Kier alpha value is -2.47. The molecule has 6 heteroatoms. The smallest absolute Gasteiger partial charge is 0.340 e. The number of carbonyl (C=O) groups is 2. The highest BCUT2D eigenvalue weighted by Gasteiger charge is 2.22. The molecule has 1 amide bonds. The Morgan fingerprint density at radius 2 is 1.85 bits per heavy atom. The molecule has 2 aromatic rings. The van der Waals surface area contributed by atoms with Gasteiger partial charge < -0.3 is 10.1 Å². The second-order valence-corrected chi connectivity index (χ2v) is 7.69. The van der Waals surface area contributed by atoms with E-state index in [0.717, 1.165) is 11.1 Å². The van der Waals surface area contributed by atoms with Crippen molar-refractivity contribution in [2.75, 3.05) is 11.1 Å². The summed E-state index contributed by atoms with van der Waals surface area (Å²) in [4.78, 5) is 25.2. The normalized spacial score (nSPS) is 12.9. The molecule has 0 spiro atoms. The van der Waals surface area contributed by atoms with Gasteiger partial charge in [0.15, 0.2) is 6.10 Å². The zero-order valence-electron chi connectivity index (χ0n) is 15.4. The summed E-state index contributed by atoms with van der Waals surface area (Å²) in [6.45, 7) is 7.16. The van der Waals surface area contributed by atoms with E-state index in [-0.39, 0.29) is 5.56 Å². The number of esters is 1. The third-order valence-corrected chi connectivity index (χ3v) is 5.28. The zero-order chi connectivity index (χ0) is 19.3. The van der Waals surface area contributed by atoms with E-state index < -0.39 is 28.8 Å². The molecule has 2 unspecified atom stereocenters. The molecule has 0 aliphatic carbocycles. The van der Waals surface area contributed by atoms with Gasteiger partial charge in [-0.05, 0) is 44.5 Å². The fourth-order valence-corrected chi connectivity index (χ4v) is 3.39. The fraction of sp³-hybridized carbons (Fsp3) is 0.300. The molecule has 2 aromatic carbocycles. The number of carbonyl (C=O) groups excluding carboxylic acids is 2. The van der Waals surface area contributed by atoms with Crippen LogP contribution in [0.25, 0.3) is 0 Å². The molecule has 0 fully saturated rings. The number of hydrogen-bond donors (Lipinski definition) is 1. The number of aryl methyl sites for hydroxylation is 2. The summed E-state index contributed by atoms with van der Waals surface area (Å²) in [6.07, 6.45) is -0.980. The standard InChI is InChI=1S/C20H23NO4S/c1-5-26(24)18-9-7-6-8-16(18)20(23)25-15(4)19(22)21-17-11-10-13(2)12-14(17)3/h6-12,15H,5H2,1-4H3,(H,21,22). The van der Waals surface area contributed by atoms with Crippen LogP contribution in [0.4, 0.5) is 5.69 Å². The highest BCUT2D eigenvalue weighted by molar-refractivity contribution is 7.85. The Bertz CT molecular complexity index is 847. The summed E-state index contributed by atoms with van der Waals surface area (Å²) in [7, 11) is -1.29. The molecule has 0 saturated heterocycles. The van der Waals surface area contributed by atoms with Crippen molar-refractivity contribution in [3.63, 3.8) is 0 Å². The van der Waals surface area contributed by atoms with Gasteiger partial charge in [-0.3, -0.25) is 9.00 Å². The van der Waals surface area contributed by atoms with E-state index in [2.05, 4.69) is 5.32 Å². The van der Waals surface area contributed by atoms with Crippen LogP contribution in [0.1, 0.15) is 35.3 Å². The number of nitrogens with one attached hydrogen (secondary N) is 1. The number of ether oxygens (including phenoxy) is 1. The van der Waals surface area contributed by atoms with Gasteiger partial charge in [-0.25, -0.2) is 4.79 Å². The van der Waals surface area contributed by atoms with Crippen LogP contribution >= 0.6 is 0 Å². The minimum Gasteiger partial charge on any atom is -0.449 e. The monoisotopic (exact) mass is 373 g/mol. The Balaban J connectivity index is 2.09. The number of rotatable bonds is 6. The van der Waals surface area contributed by atoms with E-state index >= 15 is 0 Å². The minimum absolute atomic E-state index is 0.221. The van der Waals surface area contributed by atoms with Gasteiger partial charge in [0.2, 0.25) is 0 Å². The number of benzene rings is 2. The van der Waals surface area contributed by atoms with E-state index in [0.29, 0.717) is 16.3 Å². The summed E-state index contributed by atoms with van der Waals surface area (Å²) in [6, 6.07) is 12.3. The van der Waals surface area contributed by atoms with Crippen molar-refractivity contribution in [1.82, 2.24) is 0 Å². The Morgan fingerprint density at radius 1 is 1.15 bits per heavy atom. The molecule has 0 radical (unpaired) electrons. The molecule has 0 saturated carbocycles. The van der Waals surface area contributed by atoms with Gasteiger partial charge in [-0.15, -0.1) is 0 Å². The van der Waals surface area contributed by atoms with E-state index in [1.165, 1.54) is 6.92 Å². The lowest BCUT2D eigenvalue weighted by atomic mass is 10.1. The first-order valence-corrected chi connectivity index (χ1v) is 9.71. The molecule has 1 N–H and O–H groups in total. The van der Waals surface area contributed by atoms with Gasteiger partial charge in [0.25, 0.3) is 5.91 Å². The van der Waals surface area contributed by atoms with Gasteiger partial charge in [0.05, 0.1) is 21.3 Å². The van der Waals surface area contributed by atoms with Crippen molar-refractivity contribution < 1.29 is 18.5 Å². The van der Waals surface area contributed by atoms with Crippen LogP contribution in [-0.2, 0) is 20.3 Å². The van der Waals surface area contributed by atoms with E-state index in [1.807, 2.05) is 32.0 Å². The van der Waals surface area contributed by atoms with Crippen LogP contribution in [0.2, 0.25) is 0 Å². The van der Waals surface area contributed by atoms with Gasteiger partial charge >= 0.3 is 5.97 Å². The van der Waals surface area contributed by atoms with Crippen molar-refractivity contribution >= 4 is 28.4 Å². The maximum atomic E-state index is 12.4. The van der Waals surface area contributed by atoms with E-state index in [4.69, 9.17) is 4.74 Å². The lowest BCUT2D eigenvalue weighted by molar-refractivity contribution is -0.123. The number of hydrogen-bond acceptors (Lipinski definition) is 4. The van der Waals surface area contributed by atoms with Crippen molar-refractivity contribution in [3.8, 4) is 0 Å². The molecular weight excluding hydrogens is 350 g/mol. The van der Waals surface area contributed by atoms with Gasteiger partial charge in [-0.2, -0.15) is 0 Å². The minimum atomic E-state index is -1.29. The van der Waals surface area contributed by atoms with Crippen LogP contribution in [-0.4, -0.2) is 27.9 Å². The summed E-state index contributed by atoms with van der Waals surface area (Å²) >= 11 is 0. The summed E-state index contributed by atoms with van der Waals surface area (Å²) < 4.78 is 17.4. The number of anilines is 1. The first-order chi connectivity index (χ1) is 12.3. The molecule has 0 heterocycles. The molecular formula is C20H23NO4S. The Kier molecular flexibility index (Phi) is 6.69. The first kappa shape index (κ1) is 19.8. The third kappa shape index (κ3) is 4.79. The van der Waals surface area contributed by atoms with Crippen molar-refractivity contribution in [2.45, 2.75) is 38.7 Å². The number of amides is 1. The largest absolute Gasteiger partial charge is 0.449 e. The van der Waals surface area contributed by atoms with Crippen molar-refractivity contribution in [3.05, 3.63) is 59.2 Å². The summed E-state index contributed by atoms with van der Waals surface area (Å²) in [5.41, 5.74) is 2.93. The summed E-state index contributed by atoms with van der Waals surface area (Å²) in [5.74, 6) is -0.683. The van der Waals surface area contributed by atoms with Crippen LogP contribution in [0.5, 0.6) is 0 Å². The second kappa shape index (κ2) is 8.76. The maximum absolute atomic E-state index is 12.4. The van der Waals surface area contributed by atoms with Crippen LogP contribution < -0.4 is 5.32 Å². The zero-order valence-corrected chi connectivity index (χ0v) is 16.2. The van der Waals surface area contributed by atoms with E-state index in [9.17, 15) is 13.8 Å². The van der Waals surface area contributed by atoms with Crippen LogP contribution in [0.3, 0.4) is 0 Å². The highest BCUT2D eigenvalue weighted by Crippen LogP contribution is 2.18. The molecule has 0 aliphatic rings. The van der Waals surface area contributed by atoms with Crippen LogP contribution in [0, 0.1) is 13.8 Å². The first-order valence-electron chi connectivity index (χ1n) is 8.40. The molecule has 2 atom stereocenters. The van der Waals surface area contributed by atoms with E-state index in [1.54, 1.807) is 31.2 Å². The van der Waals surface area contributed by atoms with Gasteiger partial charge in [-0.1, -0.05) is 36.8 Å². The molecule has 0 aliphatic heterocycles. The highest BCUT2D eigenvalue weighted by atomic mass is 32.2. The third-order valence-electron chi connectivity index (χ3n) is 3.91. The quantitative estimate of drug-likeness (QED) is 0.785. The Morgan fingerprint density at radius 3 is 2.50 bits per heavy atom. The Labute approximate surface area is 156 Å². The maximum Gasteiger partial charge on any atom is 0.340 e. The predicted molar refractivity (Wildman–Crippen MR) is 103 cm³/mol. The lowest BCUT2D eigenvalue weighted by Gasteiger charge is -2.16. The lowest BCUT2D eigenvalue weighted by Crippen LogP contribution is -2.30. The van der Waals surface area contributed by atoms with Crippen molar-refractivity contribution in [2.24, 2.45) is 0 Å². The summed E-state index contributed by atoms with van der Waals surface area (Å²) in [5, 5.41) is 2.77. The average molecular weight is 373 g/mol. The topological polar surface area (TPSA) is 72.5 Å². The fourth-order valence-electron chi connectivity index (χ4n) is 2.46. The van der Waals surface area contributed by atoms with Gasteiger partial charge in [0.1, 0.15) is 0 Å². The average Bonchev–Trinajstić information content (AvgIpc) is 2.63. The molecule has 2 rings (SSSR count). The molecule has 26 heavy (non-hydrogen) atoms. The van der Waals surface area contributed by atoms with Crippen molar-refractivity contribution in [1.29, 1.82) is 0 Å². The second-order valence-electron chi connectivity index (χ2n) is 5.99. The van der Waals surface area contributed by atoms with Crippen LogP contribution in [0.15, 0.2) is 47.4 Å². The SMILES string of the molecule is CCS(=O)c1ccccc1C(=O)OC(C)C(=O)Nc1ccc(C)cc1C. The van der Waals surface area contributed by atoms with Gasteiger partial charge in [0, 0.05) is 11.4 Å². The molecule has 138 valence electrons. The molecule has 0 aromatic heterocycles. The molecule has 0 bridgehead atoms. The molecule has 5 nitrogen and oxygen atoms in total. The predicted octanol–water partition coefficient (Wildman–Crippen LogP) is 3.61.